The van der Waals surface area contributed by atoms with Crippen molar-refractivity contribution in [1.82, 2.24) is 10.3 Å². The molecule has 0 radical (unpaired) electrons. The molecule has 0 saturated heterocycles. The summed E-state index contributed by atoms with van der Waals surface area (Å²) in [7, 11) is 0. The van der Waals surface area contributed by atoms with Gasteiger partial charge in [0.05, 0.1) is 0 Å². The SMILES string of the molecule is Cc1ccc2[nH]c(C(=O)NC3CCCCCCCCCCC3)c(C)c2c1. The smallest absolute Gasteiger partial charge is 0.268 e. The van der Waals surface area contributed by atoms with Crippen molar-refractivity contribution >= 4 is 16.8 Å². The Kier molecular flexibility index (Phi) is 6.76. The maximum Gasteiger partial charge on any atom is 0.268 e. The van der Waals surface area contributed by atoms with Crippen molar-refractivity contribution in [2.45, 2.75) is 90.5 Å². The molecule has 1 saturated carbocycles. The Bertz CT molecular complexity index is 719. The van der Waals surface area contributed by atoms with Crippen molar-refractivity contribution in [3.8, 4) is 0 Å². The fourth-order valence-corrected chi connectivity index (χ4v) is 4.23. The lowest BCUT2D eigenvalue weighted by atomic mass is 9.98. The molecule has 3 rings (SSSR count). The van der Waals surface area contributed by atoms with Crippen LogP contribution in [0.1, 0.15) is 92.2 Å². The van der Waals surface area contributed by atoms with Crippen LogP contribution in [0.3, 0.4) is 0 Å². The largest absolute Gasteiger partial charge is 0.350 e. The molecule has 0 spiro atoms. The van der Waals surface area contributed by atoms with Crippen molar-refractivity contribution < 1.29 is 4.79 Å². The second kappa shape index (κ2) is 9.25. The average molecular weight is 355 g/mol. The summed E-state index contributed by atoms with van der Waals surface area (Å²) in [6.45, 7) is 4.14. The Morgan fingerprint density at radius 2 is 1.50 bits per heavy atom. The maximum absolute atomic E-state index is 12.9. The third-order valence-corrected chi connectivity index (χ3v) is 5.88. The second-order valence-corrected chi connectivity index (χ2v) is 8.10. The van der Waals surface area contributed by atoms with Gasteiger partial charge in [-0.15, -0.1) is 0 Å². The van der Waals surface area contributed by atoms with Crippen LogP contribution in [0.5, 0.6) is 0 Å². The summed E-state index contributed by atoms with van der Waals surface area (Å²) in [5, 5.41) is 4.49. The molecular weight excluding hydrogens is 320 g/mol. The number of aromatic amines is 1. The van der Waals surface area contributed by atoms with Gasteiger partial charge in [0, 0.05) is 16.9 Å². The van der Waals surface area contributed by atoms with Crippen molar-refractivity contribution in [2.24, 2.45) is 0 Å². The molecule has 2 N–H and O–H groups in total. The van der Waals surface area contributed by atoms with E-state index in [2.05, 4.69) is 35.4 Å². The predicted octanol–water partition coefficient (Wildman–Crippen LogP) is 6.19. The minimum atomic E-state index is 0.0634. The zero-order valence-corrected chi connectivity index (χ0v) is 16.5. The lowest BCUT2D eigenvalue weighted by Crippen LogP contribution is -2.35. The van der Waals surface area contributed by atoms with Gasteiger partial charge in [-0.2, -0.15) is 0 Å². The lowest BCUT2D eigenvalue weighted by Gasteiger charge is -2.19. The molecule has 1 fully saturated rings. The minimum Gasteiger partial charge on any atom is -0.350 e. The van der Waals surface area contributed by atoms with Crippen LogP contribution in [0, 0.1) is 13.8 Å². The first kappa shape index (κ1) is 19.0. The van der Waals surface area contributed by atoms with E-state index in [1.807, 2.05) is 6.92 Å². The highest BCUT2D eigenvalue weighted by atomic mass is 16.1. The fourth-order valence-electron chi connectivity index (χ4n) is 4.23. The Hall–Kier alpha value is -1.77. The third-order valence-electron chi connectivity index (χ3n) is 5.88. The van der Waals surface area contributed by atoms with E-state index in [1.165, 1.54) is 63.4 Å². The van der Waals surface area contributed by atoms with Crippen molar-refractivity contribution in [1.29, 1.82) is 0 Å². The number of hydrogen-bond donors (Lipinski definition) is 2. The van der Waals surface area contributed by atoms with Crippen LogP contribution < -0.4 is 5.32 Å². The van der Waals surface area contributed by atoms with Gasteiger partial charge < -0.3 is 10.3 Å². The number of H-pyrrole nitrogens is 1. The van der Waals surface area contributed by atoms with Gasteiger partial charge in [0.2, 0.25) is 0 Å². The molecule has 1 aromatic heterocycles. The van der Waals surface area contributed by atoms with E-state index in [4.69, 9.17) is 0 Å². The second-order valence-electron chi connectivity index (χ2n) is 8.10. The summed E-state index contributed by atoms with van der Waals surface area (Å²) in [5.74, 6) is 0.0634. The van der Waals surface area contributed by atoms with Gasteiger partial charge in [0.25, 0.3) is 5.91 Å². The molecule has 1 heterocycles. The topological polar surface area (TPSA) is 44.9 Å². The molecule has 26 heavy (non-hydrogen) atoms. The van der Waals surface area contributed by atoms with Gasteiger partial charge in [0.15, 0.2) is 0 Å². The van der Waals surface area contributed by atoms with Crippen molar-refractivity contribution in [2.75, 3.05) is 0 Å². The van der Waals surface area contributed by atoms with Crippen LogP contribution in [-0.4, -0.2) is 16.9 Å². The van der Waals surface area contributed by atoms with Crippen LogP contribution in [0.4, 0.5) is 0 Å². The molecule has 0 bridgehead atoms. The molecule has 0 unspecified atom stereocenters. The normalized spacial score (nSPS) is 18.2. The number of nitrogens with one attached hydrogen (secondary N) is 2. The van der Waals surface area contributed by atoms with Crippen molar-refractivity contribution in [3.63, 3.8) is 0 Å². The van der Waals surface area contributed by atoms with Crippen LogP contribution >= 0.6 is 0 Å². The molecule has 0 atom stereocenters. The average Bonchev–Trinajstić information content (AvgIpc) is 2.94. The molecular formula is C23H34N2O. The summed E-state index contributed by atoms with van der Waals surface area (Å²) in [6, 6.07) is 6.64. The van der Waals surface area contributed by atoms with E-state index in [0.29, 0.717) is 6.04 Å². The summed E-state index contributed by atoms with van der Waals surface area (Å²) in [6.07, 6.45) is 14.2. The Balaban J connectivity index is 1.67. The van der Waals surface area contributed by atoms with Gasteiger partial charge in [-0.3, -0.25) is 4.79 Å². The zero-order valence-electron chi connectivity index (χ0n) is 16.5. The Morgan fingerprint density at radius 1 is 0.923 bits per heavy atom. The number of carbonyl (C=O) groups excluding carboxylic acids is 1. The van der Waals surface area contributed by atoms with Gasteiger partial charge in [-0.25, -0.2) is 0 Å². The summed E-state index contributed by atoms with van der Waals surface area (Å²) in [4.78, 5) is 16.3. The molecule has 142 valence electrons. The van der Waals surface area contributed by atoms with Gasteiger partial charge in [-0.05, 0) is 44.4 Å². The van der Waals surface area contributed by atoms with Crippen molar-refractivity contribution in [3.05, 3.63) is 35.0 Å². The number of benzene rings is 1. The van der Waals surface area contributed by atoms with Crippen LogP contribution in [0.2, 0.25) is 0 Å². The first-order valence-corrected chi connectivity index (χ1v) is 10.5. The molecule has 1 aliphatic carbocycles. The van der Waals surface area contributed by atoms with E-state index in [9.17, 15) is 4.79 Å². The van der Waals surface area contributed by atoms with Gasteiger partial charge in [0.1, 0.15) is 5.69 Å². The Labute approximate surface area is 158 Å². The number of rotatable bonds is 2. The lowest BCUT2D eigenvalue weighted by molar-refractivity contribution is 0.0926. The number of hydrogen-bond acceptors (Lipinski definition) is 1. The standard InChI is InChI=1S/C23H34N2O/c1-17-14-15-21-20(16-17)18(2)22(25-21)23(26)24-19-12-10-8-6-4-3-5-7-9-11-13-19/h14-16,19,25H,3-13H2,1-2H3,(H,24,26). The number of carbonyl (C=O) groups is 1. The van der Waals surface area contributed by atoms with E-state index in [0.717, 1.165) is 35.0 Å². The quantitative estimate of drug-likeness (QED) is 0.664. The zero-order chi connectivity index (χ0) is 18.4. The van der Waals surface area contributed by atoms with Gasteiger partial charge in [-0.1, -0.05) is 69.4 Å². The number of amides is 1. The third kappa shape index (κ3) is 4.90. The van der Waals surface area contributed by atoms with E-state index in [-0.39, 0.29) is 5.91 Å². The molecule has 1 amide bonds. The highest BCUT2D eigenvalue weighted by molar-refractivity contribution is 6.01. The van der Waals surface area contributed by atoms with Gasteiger partial charge >= 0.3 is 0 Å². The predicted molar refractivity (Wildman–Crippen MR) is 110 cm³/mol. The summed E-state index contributed by atoms with van der Waals surface area (Å²) < 4.78 is 0. The minimum absolute atomic E-state index is 0.0634. The number of aryl methyl sites for hydroxylation is 2. The first-order chi connectivity index (χ1) is 12.6. The fraction of sp³-hybridized carbons (Fsp3) is 0.609. The molecule has 1 aliphatic rings. The molecule has 2 aromatic rings. The van der Waals surface area contributed by atoms with E-state index < -0.39 is 0 Å². The molecule has 0 aliphatic heterocycles. The summed E-state index contributed by atoms with van der Waals surface area (Å²) >= 11 is 0. The van der Waals surface area contributed by atoms with E-state index in [1.54, 1.807) is 0 Å². The molecule has 3 nitrogen and oxygen atoms in total. The van der Waals surface area contributed by atoms with Crippen LogP contribution in [0.15, 0.2) is 18.2 Å². The Morgan fingerprint density at radius 3 is 2.12 bits per heavy atom. The summed E-state index contributed by atoms with van der Waals surface area (Å²) in [5.41, 5.74) is 4.08. The first-order valence-electron chi connectivity index (χ1n) is 10.5. The monoisotopic (exact) mass is 354 g/mol. The highest BCUT2D eigenvalue weighted by Crippen LogP contribution is 2.23. The number of fused-ring (bicyclic) bond motifs is 1. The van der Waals surface area contributed by atoms with E-state index >= 15 is 0 Å². The molecule has 3 heteroatoms. The molecule has 1 aromatic carbocycles. The van der Waals surface area contributed by atoms with Crippen LogP contribution in [-0.2, 0) is 0 Å². The number of aromatic nitrogens is 1. The van der Waals surface area contributed by atoms with Crippen LogP contribution in [0.25, 0.3) is 10.9 Å². The highest BCUT2D eigenvalue weighted by Gasteiger charge is 2.18. The maximum atomic E-state index is 12.9.